The van der Waals surface area contributed by atoms with E-state index in [9.17, 15) is 9.59 Å². The van der Waals surface area contributed by atoms with Crippen LogP contribution in [-0.2, 0) is 22.6 Å². The normalized spacial score (nSPS) is 15.9. The van der Waals surface area contributed by atoms with Gasteiger partial charge in [0.15, 0.2) is 13.1 Å². The summed E-state index contributed by atoms with van der Waals surface area (Å²) in [6.45, 7) is 7.31. The van der Waals surface area contributed by atoms with Crippen LogP contribution in [-0.4, -0.2) is 63.0 Å². The van der Waals surface area contributed by atoms with Crippen LogP contribution in [0.1, 0.15) is 17.4 Å². The molecule has 0 radical (unpaired) electrons. The van der Waals surface area contributed by atoms with E-state index in [1.807, 2.05) is 36.2 Å². The van der Waals surface area contributed by atoms with E-state index in [0.717, 1.165) is 55.3 Å². The van der Waals surface area contributed by atoms with Crippen molar-refractivity contribution >= 4 is 28.8 Å². The van der Waals surface area contributed by atoms with Crippen LogP contribution < -0.4 is 15.1 Å². The molecule has 6 nitrogen and oxygen atoms in total. The highest BCUT2D eigenvalue weighted by Gasteiger charge is 2.26. The molecule has 1 unspecified atom stereocenters. The van der Waals surface area contributed by atoms with Crippen molar-refractivity contribution in [3.63, 3.8) is 0 Å². The molecule has 1 aromatic heterocycles. The van der Waals surface area contributed by atoms with E-state index in [1.165, 1.54) is 9.78 Å². The van der Waals surface area contributed by atoms with Crippen LogP contribution in [0.15, 0.2) is 41.8 Å². The molecule has 0 bridgehead atoms. The Bertz CT molecular complexity index is 801. The lowest BCUT2D eigenvalue weighted by molar-refractivity contribution is -0.917. The zero-order valence-electron chi connectivity index (χ0n) is 17.4. The van der Waals surface area contributed by atoms with Crippen LogP contribution in [0, 0.1) is 0 Å². The van der Waals surface area contributed by atoms with Gasteiger partial charge in [0, 0.05) is 5.69 Å². The molecular weight excluding hydrogens is 384 g/mol. The number of rotatable bonds is 8. The second kappa shape index (κ2) is 10.5. The number of quaternary nitrogens is 2. The van der Waals surface area contributed by atoms with E-state index in [2.05, 4.69) is 29.8 Å². The van der Waals surface area contributed by atoms with Gasteiger partial charge in [-0.1, -0.05) is 31.2 Å². The number of nitrogens with one attached hydrogen (secondary N) is 3. The molecule has 2 aromatic rings. The van der Waals surface area contributed by atoms with Crippen LogP contribution in [0.4, 0.5) is 5.69 Å². The van der Waals surface area contributed by atoms with Crippen molar-refractivity contribution < 1.29 is 19.4 Å². The Morgan fingerprint density at radius 1 is 1.14 bits per heavy atom. The molecule has 3 rings (SSSR count). The third kappa shape index (κ3) is 6.39. The van der Waals surface area contributed by atoms with Gasteiger partial charge in [-0.05, 0) is 29.5 Å². The van der Waals surface area contributed by atoms with Crippen LogP contribution in [0.3, 0.4) is 0 Å². The summed E-state index contributed by atoms with van der Waals surface area (Å²) >= 11 is 1.80. The number of piperazine rings is 1. The topological polar surface area (TPSA) is 58.3 Å². The number of carbonyl (C=O) groups excluding carboxylic acids is 2. The van der Waals surface area contributed by atoms with Gasteiger partial charge < -0.3 is 20.0 Å². The van der Waals surface area contributed by atoms with Crippen LogP contribution in [0.2, 0.25) is 0 Å². The molecule has 2 amide bonds. The predicted octanol–water partition coefficient (Wildman–Crippen LogP) is -0.309. The molecule has 1 fully saturated rings. The molecule has 1 aliphatic heterocycles. The van der Waals surface area contributed by atoms with Crippen molar-refractivity contribution in [1.82, 2.24) is 4.90 Å². The fourth-order valence-electron chi connectivity index (χ4n) is 3.76. The summed E-state index contributed by atoms with van der Waals surface area (Å²) in [5.41, 5.74) is 1.99. The Balaban J connectivity index is 1.40. The van der Waals surface area contributed by atoms with Crippen molar-refractivity contribution in [1.29, 1.82) is 0 Å². The first-order chi connectivity index (χ1) is 14.0. The zero-order chi connectivity index (χ0) is 20.6. The molecule has 156 valence electrons. The van der Waals surface area contributed by atoms with Crippen LogP contribution in [0.25, 0.3) is 0 Å². The molecule has 1 aliphatic rings. The van der Waals surface area contributed by atoms with Gasteiger partial charge in [0.2, 0.25) is 0 Å². The molecule has 3 N–H and O–H groups in total. The number of hydrogen-bond donors (Lipinski definition) is 3. The zero-order valence-corrected chi connectivity index (χ0v) is 18.2. The molecule has 1 aromatic carbocycles. The predicted molar refractivity (Wildman–Crippen MR) is 116 cm³/mol. The highest BCUT2D eigenvalue weighted by molar-refractivity contribution is 7.09. The number of nitrogens with zero attached hydrogens (tertiary/aromatic N) is 1. The lowest BCUT2D eigenvalue weighted by atomic mass is 10.1. The standard InChI is InChI=1S/C22H30N4O2S/c1-3-18-7-4-5-9-20(18)23-21(27)16-24(2)17-22(28)26-12-10-25(11-13-26)15-19-8-6-14-29-19/h4-9,14H,3,10-13,15-17H2,1-2H3,(H,23,27)/p+2. The molecule has 0 saturated carbocycles. The third-order valence-electron chi connectivity index (χ3n) is 5.42. The Morgan fingerprint density at radius 2 is 1.90 bits per heavy atom. The lowest BCUT2D eigenvalue weighted by Crippen LogP contribution is -3.14. The number of likely N-dealkylation sites (N-methyl/N-ethyl adjacent to an activating group) is 1. The summed E-state index contributed by atoms with van der Waals surface area (Å²) in [4.78, 5) is 30.8. The number of anilines is 1. The smallest absolute Gasteiger partial charge is 0.279 e. The first kappa shape index (κ1) is 21.5. The fourth-order valence-corrected chi connectivity index (χ4v) is 4.54. The monoisotopic (exact) mass is 416 g/mol. The maximum atomic E-state index is 12.6. The molecule has 0 spiro atoms. The van der Waals surface area contributed by atoms with Crippen molar-refractivity contribution in [2.24, 2.45) is 0 Å². The summed E-state index contributed by atoms with van der Waals surface area (Å²) < 4.78 is 0. The minimum atomic E-state index is -0.0542. The summed E-state index contributed by atoms with van der Waals surface area (Å²) in [6, 6.07) is 12.1. The van der Waals surface area contributed by atoms with Gasteiger partial charge in [-0.25, -0.2) is 0 Å². The van der Waals surface area contributed by atoms with Crippen LogP contribution >= 0.6 is 11.3 Å². The Kier molecular flexibility index (Phi) is 7.80. The highest BCUT2D eigenvalue weighted by Crippen LogP contribution is 2.14. The van der Waals surface area contributed by atoms with Gasteiger partial charge in [-0.2, -0.15) is 0 Å². The summed E-state index contributed by atoms with van der Waals surface area (Å²) in [6.07, 6.45) is 0.873. The van der Waals surface area contributed by atoms with Gasteiger partial charge in [0.1, 0.15) is 6.54 Å². The van der Waals surface area contributed by atoms with E-state index in [0.29, 0.717) is 6.54 Å². The number of aryl methyl sites for hydroxylation is 1. The van der Waals surface area contributed by atoms with Crippen molar-refractivity contribution in [2.75, 3.05) is 51.6 Å². The average Bonchev–Trinajstić information content (AvgIpc) is 3.21. The number of carbonyl (C=O) groups is 2. The first-order valence-corrected chi connectivity index (χ1v) is 11.3. The van der Waals surface area contributed by atoms with Gasteiger partial charge in [0.25, 0.3) is 11.8 Å². The SMILES string of the molecule is CCc1ccccc1NC(=O)C[NH+](C)CC(=O)N1CC[NH+](Cc2cccs2)CC1. The van der Waals surface area contributed by atoms with E-state index < -0.39 is 0 Å². The van der Waals surface area contributed by atoms with E-state index >= 15 is 0 Å². The summed E-state index contributed by atoms with van der Waals surface area (Å²) in [5, 5.41) is 5.10. The van der Waals surface area contributed by atoms with Gasteiger partial charge in [-0.15, -0.1) is 11.3 Å². The van der Waals surface area contributed by atoms with Gasteiger partial charge >= 0.3 is 0 Å². The number of amides is 2. The van der Waals surface area contributed by atoms with E-state index in [-0.39, 0.29) is 18.4 Å². The summed E-state index contributed by atoms with van der Waals surface area (Å²) in [5.74, 6) is 0.0841. The van der Waals surface area contributed by atoms with Gasteiger partial charge in [-0.3, -0.25) is 9.59 Å². The Morgan fingerprint density at radius 3 is 2.59 bits per heavy atom. The number of thiophene rings is 1. The van der Waals surface area contributed by atoms with E-state index in [4.69, 9.17) is 0 Å². The molecule has 1 atom stereocenters. The minimum Gasteiger partial charge on any atom is -0.328 e. The second-order valence-electron chi connectivity index (χ2n) is 7.76. The van der Waals surface area contributed by atoms with Crippen molar-refractivity contribution in [3.05, 3.63) is 52.2 Å². The number of para-hydroxylation sites is 1. The number of hydrogen-bond acceptors (Lipinski definition) is 3. The average molecular weight is 417 g/mol. The first-order valence-electron chi connectivity index (χ1n) is 10.4. The van der Waals surface area contributed by atoms with Crippen molar-refractivity contribution in [2.45, 2.75) is 19.9 Å². The fraction of sp³-hybridized carbons (Fsp3) is 0.455. The molecule has 0 aliphatic carbocycles. The van der Waals surface area contributed by atoms with Crippen LogP contribution in [0.5, 0.6) is 0 Å². The maximum Gasteiger partial charge on any atom is 0.279 e. The second-order valence-corrected chi connectivity index (χ2v) is 8.79. The Hall–Kier alpha value is -2.22. The molecule has 2 heterocycles. The van der Waals surface area contributed by atoms with E-state index in [1.54, 1.807) is 11.3 Å². The molecule has 1 saturated heterocycles. The third-order valence-corrected chi connectivity index (χ3v) is 6.29. The molecule has 29 heavy (non-hydrogen) atoms. The molecule has 7 heteroatoms. The highest BCUT2D eigenvalue weighted by atomic mass is 32.1. The van der Waals surface area contributed by atoms with Gasteiger partial charge in [0.05, 0.1) is 38.1 Å². The molecular formula is C22H32N4O2S+2. The van der Waals surface area contributed by atoms with Crippen molar-refractivity contribution in [3.8, 4) is 0 Å². The lowest BCUT2D eigenvalue weighted by Gasteiger charge is -2.32. The minimum absolute atomic E-state index is 0.0542. The quantitative estimate of drug-likeness (QED) is 0.553. The summed E-state index contributed by atoms with van der Waals surface area (Å²) in [7, 11) is 1.90. The maximum absolute atomic E-state index is 12.6. The Labute approximate surface area is 177 Å². The largest absolute Gasteiger partial charge is 0.328 e. The number of benzene rings is 1.